The molecule has 1 fully saturated rings. The highest BCUT2D eigenvalue weighted by Gasteiger charge is 2.48. The van der Waals surface area contributed by atoms with Gasteiger partial charge < -0.3 is 28.2 Å². The fourth-order valence-corrected chi connectivity index (χ4v) is 3.68. The number of carbonyl (C=O) groups is 3. The van der Waals surface area contributed by atoms with Gasteiger partial charge in [-0.25, -0.2) is 0 Å². The maximum Gasteiger partial charge on any atom is 0.306 e. The van der Waals surface area contributed by atoms with Gasteiger partial charge in [0, 0.05) is 19.3 Å². The van der Waals surface area contributed by atoms with E-state index in [9.17, 15) is 14.4 Å². The van der Waals surface area contributed by atoms with Gasteiger partial charge in [0.25, 0.3) is 0 Å². The molecule has 9 nitrogen and oxygen atoms in total. The Labute approximate surface area is 210 Å². The lowest BCUT2D eigenvalue weighted by Gasteiger charge is -2.40. The molecule has 0 aromatic heterocycles. The van der Waals surface area contributed by atoms with Crippen LogP contribution in [-0.4, -0.2) is 87.4 Å². The molecule has 0 N–H and O–H groups in total. The van der Waals surface area contributed by atoms with E-state index in [0.29, 0.717) is 36.9 Å². The number of hydrogen-bond donors (Lipinski definition) is 0. The zero-order valence-electron chi connectivity index (χ0n) is 22.1. The summed E-state index contributed by atoms with van der Waals surface area (Å²) in [5, 5.41) is 0. The summed E-state index contributed by atoms with van der Waals surface area (Å²) < 4.78 is 29.4. The SMILES string of the molecule is C#CC[N+](C)(C)CCCCOC1OCC(OC(=O)CCC)C(OC(=O)CCC)[C@H]1OC(=O)CCC. The number of hydrogen-bond acceptors (Lipinski definition) is 8. The van der Waals surface area contributed by atoms with Gasteiger partial charge in [0.1, 0.15) is 6.54 Å². The Balaban J connectivity index is 2.94. The standard InChI is InChI=1S/C26H44NO8/c1-7-13-21(28)33-20-19-32-26(31-18-12-11-17-27(5,6)16-10-4)25(35-23(30)15-9-3)24(20)34-22(29)14-8-2/h4,20,24-26H,7-9,11-19H2,1-3,5-6H3/q+1/t20?,24?,25-,26?/m1/s1. The normalized spacial score (nSPS) is 22.2. The van der Waals surface area contributed by atoms with E-state index in [2.05, 4.69) is 20.0 Å². The Hall–Kier alpha value is -2.15. The minimum absolute atomic E-state index is 0.0297. The van der Waals surface area contributed by atoms with Crippen molar-refractivity contribution in [3.63, 3.8) is 0 Å². The fourth-order valence-electron chi connectivity index (χ4n) is 3.68. The number of unbranched alkanes of at least 4 members (excludes halogenated alkanes) is 1. The van der Waals surface area contributed by atoms with Crippen LogP contribution in [0, 0.1) is 12.3 Å². The third kappa shape index (κ3) is 11.9. The number of carbonyl (C=O) groups excluding carboxylic acids is 3. The van der Waals surface area contributed by atoms with Crippen LogP contribution in [0.25, 0.3) is 0 Å². The summed E-state index contributed by atoms with van der Waals surface area (Å²) in [4.78, 5) is 37.0. The van der Waals surface area contributed by atoms with Crippen molar-refractivity contribution in [3.05, 3.63) is 0 Å². The fraction of sp³-hybridized carbons (Fsp3) is 0.808. The predicted octanol–water partition coefficient (Wildman–Crippen LogP) is 2.98. The monoisotopic (exact) mass is 498 g/mol. The van der Waals surface area contributed by atoms with E-state index in [1.54, 1.807) is 0 Å². The maximum atomic E-state index is 12.4. The number of rotatable bonds is 16. The van der Waals surface area contributed by atoms with Crippen LogP contribution in [0.2, 0.25) is 0 Å². The Bertz CT molecular complexity index is 702. The highest BCUT2D eigenvalue weighted by atomic mass is 16.7. The topological polar surface area (TPSA) is 97.4 Å². The number of ether oxygens (including phenoxy) is 5. The van der Waals surface area contributed by atoms with Gasteiger partial charge in [-0.15, -0.1) is 6.42 Å². The summed E-state index contributed by atoms with van der Waals surface area (Å²) in [6.07, 6.45) is 5.59. The van der Waals surface area contributed by atoms with E-state index in [4.69, 9.17) is 30.1 Å². The average Bonchev–Trinajstić information content (AvgIpc) is 2.77. The van der Waals surface area contributed by atoms with Crippen LogP contribution in [0.15, 0.2) is 0 Å². The van der Waals surface area contributed by atoms with Crippen molar-refractivity contribution in [1.29, 1.82) is 0 Å². The second kappa shape index (κ2) is 16.5. The van der Waals surface area contributed by atoms with E-state index >= 15 is 0 Å². The first-order valence-electron chi connectivity index (χ1n) is 12.7. The van der Waals surface area contributed by atoms with Gasteiger partial charge in [0.05, 0.1) is 33.9 Å². The summed E-state index contributed by atoms with van der Waals surface area (Å²) in [6, 6.07) is 0. The molecule has 3 unspecified atom stereocenters. The highest BCUT2D eigenvalue weighted by Crippen LogP contribution is 2.26. The molecule has 4 atom stereocenters. The quantitative estimate of drug-likeness (QED) is 0.105. The number of quaternary nitrogens is 1. The Kier molecular flexibility index (Phi) is 14.6. The number of esters is 3. The van der Waals surface area contributed by atoms with Crippen molar-refractivity contribution in [2.45, 2.75) is 96.7 Å². The van der Waals surface area contributed by atoms with Crippen LogP contribution in [0.4, 0.5) is 0 Å². The molecule has 0 amide bonds. The summed E-state index contributed by atoms with van der Waals surface area (Å²) in [7, 11) is 4.15. The van der Waals surface area contributed by atoms with Gasteiger partial charge in [0.15, 0.2) is 24.6 Å². The molecule has 0 aromatic rings. The van der Waals surface area contributed by atoms with Crippen LogP contribution < -0.4 is 0 Å². The van der Waals surface area contributed by atoms with Crippen molar-refractivity contribution in [1.82, 2.24) is 0 Å². The molecule has 0 bridgehead atoms. The second-order valence-corrected chi connectivity index (χ2v) is 9.49. The van der Waals surface area contributed by atoms with Crippen molar-refractivity contribution in [2.24, 2.45) is 0 Å². The minimum atomic E-state index is -1.04. The molecular weight excluding hydrogens is 454 g/mol. The zero-order valence-corrected chi connectivity index (χ0v) is 22.1. The molecule has 1 heterocycles. The first kappa shape index (κ1) is 30.9. The lowest BCUT2D eigenvalue weighted by molar-refractivity contribution is -0.883. The molecule has 0 aliphatic carbocycles. The number of nitrogens with zero attached hydrogens (tertiary/aromatic N) is 1. The Morgan fingerprint density at radius 1 is 0.886 bits per heavy atom. The number of terminal acetylenes is 1. The van der Waals surface area contributed by atoms with E-state index in [0.717, 1.165) is 19.4 Å². The first-order valence-corrected chi connectivity index (χ1v) is 12.7. The van der Waals surface area contributed by atoms with Gasteiger partial charge in [-0.3, -0.25) is 14.4 Å². The molecule has 1 aliphatic heterocycles. The van der Waals surface area contributed by atoms with Gasteiger partial charge >= 0.3 is 17.9 Å². The second-order valence-electron chi connectivity index (χ2n) is 9.49. The van der Waals surface area contributed by atoms with Crippen molar-refractivity contribution in [3.8, 4) is 12.3 Å². The summed E-state index contributed by atoms with van der Waals surface area (Å²) in [5.74, 6) is 1.34. The minimum Gasteiger partial charge on any atom is -0.456 e. The van der Waals surface area contributed by atoms with Crippen molar-refractivity contribution < 1.29 is 42.6 Å². The van der Waals surface area contributed by atoms with Gasteiger partial charge in [-0.2, -0.15) is 0 Å². The third-order valence-electron chi connectivity index (χ3n) is 5.52. The van der Waals surface area contributed by atoms with Gasteiger partial charge in [-0.1, -0.05) is 20.8 Å². The third-order valence-corrected chi connectivity index (χ3v) is 5.52. The van der Waals surface area contributed by atoms with Crippen LogP contribution in [-0.2, 0) is 38.1 Å². The molecule has 200 valence electrons. The molecule has 35 heavy (non-hydrogen) atoms. The summed E-state index contributed by atoms with van der Waals surface area (Å²) >= 11 is 0. The van der Waals surface area contributed by atoms with Crippen molar-refractivity contribution >= 4 is 17.9 Å². The highest BCUT2D eigenvalue weighted by molar-refractivity contribution is 5.71. The molecule has 9 heteroatoms. The van der Waals surface area contributed by atoms with Crippen LogP contribution >= 0.6 is 0 Å². The Morgan fingerprint density at radius 3 is 1.97 bits per heavy atom. The van der Waals surface area contributed by atoms with Crippen LogP contribution in [0.1, 0.15) is 72.1 Å². The van der Waals surface area contributed by atoms with E-state index in [1.165, 1.54) is 0 Å². The molecule has 1 aliphatic rings. The molecule has 0 aromatic carbocycles. The van der Waals surface area contributed by atoms with E-state index in [-0.39, 0.29) is 25.9 Å². The summed E-state index contributed by atoms with van der Waals surface area (Å²) in [5.41, 5.74) is 0. The smallest absolute Gasteiger partial charge is 0.306 e. The molecule has 0 saturated carbocycles. The predicted molar refractivity (Wildman–Crippen MR) is 130 cm³/mol. The molecule has 1 rings (SSSR count). The van der Waals surface area contributed by atoms with Crippen LogP contribution in [0.3, 0.4) is 0 Å². The van der Waals surface area contributed by atoms with E-state index in [1.807, 2.05) is 20.8 Å². The molecule has 0 spiro atoms. The largest absolute Gasteiger partial charge is 0.456 e. The van der Waals surface area contributed by atoms with E-state index < -0.39 is 42.5 Å². The molecular formula is C26H44NO8+. The first-order chi connectivity index (χ1) is 16.7. The van der Waals surface area contributed by atoms with Gasteiger partial charge in [0.2, 0.25) is 0 Å². The zero-order chi connectivity index (χ0) is 26.3. The van der Waals surface area contributed by atoms with Crippen molar-refractivity contribution in [2.75, 3.05) is 40.4 Å². The molecule has 0 radical (unpaired) electrons. The lowest BCUT2D eigenvalue weighted by Crippen LogP contribution is -2.58. The van der Waals surface area contributed by atoms with Crippen LogP contribution in [0.5, 0.6) is 0 Å². The Morgan fingerprint density at radius 2 is 1.43 bits per heavy atom. The van der Waals surface area contributed by atoms with Gasteiger partial charge in [-0.05, 0) is 38.0 Å². The molecule has 1 saturated heterocycles. The summed E-state index contributed by atoms with van der Waals surface area (Å²) in [6.45, 7) is 7.45. The average molecular weight is 499 g/mol. The maximum absolute atomic E-state index is 12.4. The lowest BCUT2D eigenvalue weighted by atomic mass is 10.0.